The minimum atomic E-state index is -1.21. The number of carbonyl (C=O) groups excluding carboxylic acids is 2. The number of nitrogens with zero attached hydrogens (tertiary/aromatic N) is 1. The third-order valence-electron chi connectivity index (χ3n) is 15.1. The highest BCUT2D eigenvalue weighted by Crippen LogP contribution is 2.78. The van der Waals surface area contributed by atoms with Crippen LogP contribution in [0.3, 0.4) is 0 Å². The van der Waals surface area contributed by atoms with E-state index in [1.807, 2.05) is 72.8 Å². The zero-order chi connectivity index (χ0) is 35.9. The largest absolute Gasteiger partial charge is 0.415 e. The van der Waals surface area contributed by atoms with Gasteiger partial charge in [0.2, 0.25) is 0 Å². The molecule has 0 radical (unpaired) electrons. The number of ketones is 1. The van der Waals surface area contributed by atoms with Gasteiger partial charge in [-0.2, -0.15) is 0 Å². The number of benzene rings is 3. The van der Waals surface area contributed by atoms with Crippen molar-refractivity contribution in [1.29, 1.82) is 0 Å². The zero-order valence-corrected chi connectivity index (χ0v) is 30.4. The molecule has 6 aliphatic carbocycles. The molecule has 2 bridgehead atoms. The van der Waals surface area contributed by atoms with Crippen molar-refractivity contribution in [2.75, 3.05) is 19.7 Å². The van der Waals surface area contributed by atoms with Gasteiger partial charge in [0.05, 0.1) is 30.9 Å². The predicted octanol–water partition coefficient (Wildman–Crippen LogP) is 8.29. The van der Waals surface area contributed by atoms with Gasteiger partial charge in [0, 0.05) is 34.0 Å². The topological polar surface area (TPSA) is 96.3 Å². The van der Waals surface area contributed by atoms with Gasteiger partial charge in [-0.05, 0) is 97.9 Å². The summed E-state index contributed by atoms with van der Waals surface area (Å²) in [6.45, 7) is 5.77. The molecule has 7 nitrogen and oxygen atoms in total. The number of hydrogen-bond acceptors (Lipinski definition) is 6. The fourth-order valence-corrected chi connectivity index (χ4v) is 12.3. The number of hydrogen-bond donors (Lipinski definition) is 2. The normalized spacial score (nSPS) is 38.7. The first-order valence-electron chi connectivity index (χ1n) is 19.5. The van der Waals surface area contributed by atoms with E-state index in [1.54, 1.807) is 4.90 Å². The number of allylic oxidation sites excluding steroid dienone is 4. The van der Waals surface area contributed by atoms with Gasteiger partial charge in [-0.25, -0.2) is 4.79 Å². The molecule has 3 saturated carbocycles. The maximum atomic E-state index is 14.8. The van der Waals surface area contributed by atoms with Crippen LogP contribution in [-0.4, -0.2) is 64.5 Å². The van der Waals surface area contributed by atoms with Crippen LogP contribution in [0.25, 0.3) is 10.8 Å². The standard InChI is InChI=1S/C45H51NO6/c1-41-19-16-33(47)26-43(41)22-23-45(36(27-43)39(48)31-10-4-3-5-11-31)37(41)17-20-42(2)38(45)18-21-44(42,50)29-46(28-35-13-8-24-51-35)40(49)52-34-15-14-30-9-6-7-12-32(30)25-34/h3-7,9-12,14-15,22-23,25,27,33,35,37-38,47,50H,8,13,16-21,24,26,28-29H2,1-2H3. The molecule has 2 N–H and O–H groups in total. The van der Waals surface area contributed by atoms with Crippen LogP contribution in [0.5, 0.6) is 5.75 Å². The van der Waals surface area contributed by atoms with Crippen molar-refractivity contribution in [1.82, 2.24) is 4.90 Å². The molecule has 1 aliphatic heterocycles. The van der Waals surface area contributed by atoms with Gasteiger partial charge in [0.15, 0.2) is 5.78 Å². The Balaban J connectivity index is 1.08. The number of carbonyl (C=O) groups is 2. The SMILES string of the molecule is CC12CCC(O)CC13C=CC1(C(C(=O)c4ccccc4)=C3)C2CCC2(C)C1CCC2(O)CN(CC1CCCO1)C(=O)Oc1ccc2ccccc2c1. The van der Waals surface area contributed by atoms with Gasteiger partial charge in [-0.15, -0.1) is 0 Å². The average molecular weight is 702 g/mol. The van der Waals surface area contributed by atoms with Gasteiger partial charge in [0.25, 0.3) is 0 Å². The second-order valence-electron chi connectivity index (χ2n) is 17.4. The molecule has 1 amide bonds. The van der Waals surface area contributed by atoms with Crippen LogP contribution >= 0.6 is 0 Å². The Hall–Kier alpha value is -3.78. The number of fused-ring (bicyclic) bond motifs is 2. The van der Waals surface area contributed by atoms with Crippen molar-refractivity contribution in [3.05, 3.63) is 102 Å². The third-order valence-corrected chi connectivity index (χ3v) is 15.1. The van der Waals surface area contributed by atoms with Crippen LogP contribution in [0.4, 0.5) is 4.79 Å². The Bertz CT molecular complexity index is 1970. The Morgan fingerprint density at radius 1 is 0.865 bits per heavy atom. The molecular weight excluding hydrogens is 650 g/mol. The highest BCUT2D eigenvalue weighted by molar-refractivity contribution is 6.10. The summed E-state index contributed by atoms with van der Waals surface area (Å²) < 4.78 is 12.1. The predicted molar refractivity (Wildman–Crippen MR) is 200 cm³/mol. The second kappa shape index (κ2) is 12.1. The van der Waals surface area contributed by atoms with Crippen LogP contribution in [0.15, 0.2) is 96.6 Å². The van der Waals surface area contributed by atoms with Crippen molar-refractivity contribution >= 4 is 22.6 Å². The van der Waals surface area contributed by atoms with Crippen molar-refractivity contribution in [3.63, 3.8) is 0 Å². The lowest BCUT2D eigenvalue weighted by molar-refractivity contribution is -0.175. The summed E-state index contributed by atoms with van der Waals surface area (Å²) in [5.41, 5.74) is -1.33. The molecule has 1 saturated heterocycles. The van der Waals surface area contributed by atoms with E-state index in [4.69, 9.17) is 9.47 Å². The highest BCUT2D eigenvalue weighted by Gasteiger charge is 2.74. The molecular formula is C45H51NO6. The molecule has 2 spiro atoms. The first-order chi connectivity index (χ1) is 25.0. The van der Waals surface area contributed by atoms with Gasteiger partial charge < -0.3 is 24.6 Å². The number of rotatable bonds is 7. The lowest BCUT2D eigenvalue weighted by Crippen LogP contribution is -2.67. The fraction of sp³-hybridized carbons (Fsp3) is 0.511. The molecule has 272 valence electrons. The Morgan fingerprint density at radius 2 is 1.60 bits per heavy atom. The van der Waals surface area contributed by atoms with Crippen molar-refractivity contribution in [2.24, 2.45) is 33.5 Å². The highest BCUT2D eigenvalue weighted by atomic mass is 16.6. The molecule has 10 rings (SSSR count). The lowest BCUT2D eigenvalue weighted by Gasteiger charge is -2.71. The van der Waals surface area contributed by atoms with Gasteiger partial charge in [0.1, 0.15) is 5.75 Å². The molecule has 4 fully saturated rings. The minimum absolute atomic E-state index is 0.0121. The maximum Gasteiger partial charge on any atom is 0.415 e. The summed E-state index contributed by atoms with van der Waals surface area (Å²) >= 11 is 0. The first kappa shape index (κ1) is 34.0. The molecule has 7 aliphatic rings. The summed E-state index contributed by atoms with van der Waals surface area (Å²) in [4.78, 5) is 30.6. The van der Waals surface area contributed by atoms with E-state index in [1.165, 1.54) is 0 Å². The summed E-state index contributed by atoms with van der Waals surface area (Å²) in [6, 6.07) is 23.3. The van der Waals surface area contributed by atoms with Crippen LogP contribution in [0, 0.1) is 33.5 Å². The number of Topliss-reactive ketones (excluding diaryl/α,β-unsaturated/α-hetero) is 1. The summed E-state index contributed by atoms with van der Waals surface area (Å²) in [6.07, 6.45) is 13.0. The summed E-state index contributed by atoms with van der Waals surface area (Å²) in [7, 11) is 0. The fourth-order valence-electron chi connectivity index (χ4n) is 12.3. The van der Waals surface area contributed by atoms with E-state index in [9.17, 15) is 19.8 Å². The van der Waals surface area contributed by atoms with Crippen LogP contribution in [-0.2, 0) is 4.74 Å². The second-order valence-corrected chi connectivity index (χ2v) is 17.4. The number of amides is 1. The van der Waals surface area contributed by atoms with E-state index >= 15 is 0 Å². The molecule has 1 heterocycles. The Morgan fingerprint density at radius 3 is 2.38 bits per heavy atom. The molecule has 7 heteroatoms. The maximum absolute atomic E-state index is 14.8. The van der Waals surface area contributed by atoms with E-state index in [-0.39, 0.29) is 41.1 Å². The van der Waals surface area contributed by atoms with Crippen molar-refractivity contribution < 1.29 is 29.3 Å². The van der Waals surface area contributed by atoms with Crippen LogP contribution < -0.4 is 4.74 Å². The number of aliphatic hydroxyl groups is 2. The quantitative estimate of drug-likeness (QED) is 0.190. The molecule has 3 aromatic carbocycles. The van der Waals surface area contributed by atoms with Gasteiger partial charge in [-0.3, -0.25) is 4.79 Å². The van der Waals surface area contributed by atoms with Crippen LogP contribution in [0.2, 0.25) is 0 Å². The first-order valence-corrected chi connectivity index (χ1v) is 19.5. The molecule has 52 heavy (non-hydrogen) atoms. The van der Waals surface area contributed by atoms with Crippen LogP contribution in [0.1, 0.15) is 82.0 Å². The van der Waals surface area contributed by atoms with E-state index < -0.39 is 28.6 Å². The van der Waals surface area contributed by atoms with Gasteiger partial charge >= 0.3 is 6.09 Å². The van der Waals surface area contributed by atoms with E-state index in [2.05, 4.69) is 32.1 Å². The Labute approximate surface area is 306 Å². The molecule has 3 aromatic rings. The monoisotopic (exact) mass is 701 g/mol. The molecule has 0 aromatic heterocycles. The van der Waals surface area contributed by atoms with E-state index in [0.717, 1.165) is 61.3 Å². The Kier molecular flexibility index (Phi) is 7.93. The van der Waals surface area contributed by atoms with Crippen molar-refractivity contribution in [2.45, 2.75) is 89.4 Å². The third kappa shape index (κ3) is 4.88. The van der Waals surface area contributed by atoms with E-state index in [0.29, 0.717) is 37.3 Å². The van der Waals surface area contributed by atoms with Crippen molar-refractivity contribution in [3.8, 4) is 5.75 Å². The number of aliphatic hydroxyl groups excluding tert-OH is 1. The minimum Gasteiger partial charge on any atom is -0.410 e. The average Bonchev–Trinajstić information content (AvgIpc) is 3.76. The summed E-state index contributed by atoms with van der Waals surface area (Å²) in [5, 5.41) is 26.2. The number of ether oxygens (including phenoxy) is 2. The summed E-state index contributed by atoms with van der Waals surface area (Å²) in [5.74, 6) is 0.713. The lowest BCUT2D eigenvalue weighted by atomic mass is 9.32. The van der Waals surface area contributed by atoms with Gasteiger partial charge in [-0.1, -0.05) is 92.7 Å². The molecule has 9 atom stereocenters. The smallest absolute Gasteiger partial charge is 0.410 e. The zero-order valence-electron chi connectivity index (χ0n) is 30.4. The molecule has 9 unspecified atom stereocenters.